The van der Waals surface area contributed by atoms with Gasteiger partial charge in [0, 0.05) is 24.3 Å². The Bertz CT molecular complexity index is 896. The van der Waals surface area contributed by atoms with Gasteiger partial charge in [0.15, 0.2) is 0 Å². The molecule has 1 unspecified atom stereocenters. The first-order chi connectivity index (χ1) is 13.9. The molecule has 1 spiro atoms. The van der Waals surface area contributed by atoms with Crippen LogP contribution >= 0.6 is 0 Å². The summed E-state index contributed by atoms with van der Waals surface area (Å²) in [4.78, 5) is 18.0. The van der Waals surface area contributed by atoms with Gasteiger partial charge >= 0.3 is 0 Å². The molecule has 2 aliphatic rings. The topological polar surface area (TPSA) is 32.8 Å². The zero-order valence-corrected chi connectivity index (χ0v) is 17.5. The van der Waals surface area contributed by atoms with Crippen LogP contribution < -0.4 is 9.64 Å². The van der Waals surface area contributed by atoms with E-state index in [1.807, 2.05) is 43.3 Å². The summed E-state index contributed by atoms with van der Waals surface area (Å²) >= 11 is 0. The molecule has 4 nitrogen and oxygen atoms in total. The highest BCUT2D eigenvalue weighted by Crippen LogP contribution is 2.47. The van der Waals surface area contributed by atoms with Crippen LogP contribution in [0.5, 0.6) is 5.75 Å². The first kappa shape index (κ1) is 19.7. The van der Waals surface area contributed by atoms with Crippen molar-refractivity contribution >= 4 is 11.6 Å². The number of carbonyl (C=O) groups excluding carboxylic acids is 1. The van der Waals surface area contributed by atoms with Crippen molar-refractivity contribution in [1.29, 1.82) is 0 Å². The number of benzene rings is 2. The molecular weight excluding hydrogens is 367 g/mol. The minimum atomic E-state index is -0.231. The summed E-state index contributed by atoms with van der Waals surface area (Å²) in [6, 6.07) is 14.2. The van der Waals surface area contributed by atoms with E-state index >= 15 is 0 Å². The van der Waals surface area contributed by atoms with Gasteiger partial charge in [-0.25, -0.2) is 4.39 Å². The highest BCUT2D eigenvalue weighted by molar-refractivity contribution is 5.97. The van der Waals surface area contributed by atoms with Gasteiger partial charge in [-0.05, 0) is 76.4 Å². The molecule has 0 bridgehead atoms. The Labute approximate surface area is 172 Å². The van der Waals surface area contributed by atoms with Gasteiger partial charge in [-0.2, -0.15) is 0 Å². The van der Waals surface area contributed by atoms with E-state index in [1.54, 1.807) is 0 Å². The van der Waals surface area contributed by atoms with Crippen LogP contribution in [0.2, 0.25) is 0 Å². The first-order valence-corrected chi connectivity index (χ1v) is 10.4. The van der Waals surface area contributed by atoms with Crippen molar-refractivity contribution in [3.8, 4) is 5.75 Å². The van der Waals surface area contributed by atoms with Crippen molar-refractivity contribution in [1.82, 2.24) is 4.90 Å². The molecule has 1 atom stereocenters. The summed E-state index contributed by atoms with van der Waals surface area (Å²) < 4.78 is 19.2. The van der Waals surface area contributed by atoms with Gasteiger partial charge in [-0.15, -0.1) is 0 Å². The van der Waals surface area contributed by atoms with Gasteiger partial charge in [-0.3, -0.25) is 4.79 Å². The number of anilines is 1. The smallest absolute Gasteiger partial charge is 0.258 e. The number of halogens is 1. The number of para-hydroxylation sites is 1. The van der Waals surface area contributed by atoms with Gasteiger partial charge in [0.2, 0.25) is 0 Å². The Morgan fingerprint density at radius 1 is 1.14 bits per heavy atom. The average Bonchev–Trinajstić information content (AvgIpc) is 3.22. The Balaban J connectivity index is 1.66. The number of amides is 1. The predicted molar refractivity (Wildman–Crippen MR) is 113 cm³/mol. The van der Waals surface area contributed by atoms with Crippen LogP contribution in [0.1, 0.15) is 50.4 Å². The lowest BCUT2D eigenvalue weighted by Crippen LogP contribution is -2.49. The number of nitrogens with zero attached hydrogens (tertiary/aromatic N) is 2. The van der Waals surface area contributed by atoms with E-state index in [0.717, 1.165) is 38.0 Å². The van der Waals surface area contributed by atoms with Gasteiger partial charge in [0.25, 0.3) is 5.91 Å². The highest BCUT2D eigenvalue weighted by Gasteiger charge is 2.55. The molecule has 0 radical (unpaired) electrons. The summed E-state index contributed by atoms with van der Waals surface area (Å²) in [5.74, 6) is 0.462. The Kier molecular flexibility index (Phi) is 5.01. The standard InChI is InChI=1S/C24H29FN2O2/c1-4-29-21-9-6-5-8-20(21)22(28)26-15-7-14-24(26)16-23(2,3)27(17-24)19-12-10-18(25)11-13-19/h5-6,8-13H,4,7,14-17H2,1-3H3. The largest absolute Gasteiger partial charge is 0.493 e. The van der Waals surface area contributed by atoms with Crippen molar-refractivity contribution in [3.05, 3.63) is 59.9 Å². The molecule has 0 saturated carbocycles. The highest BCUT2D eigenvalue weighted by atomic mass is 19.1. The second kappa shape index (κ2) is 7.36. The van der Waals surface area contributed by atoms with E-state index in [2.05, 4.69) is 23.6 Å². The molecule has 2 aliphatic heterocycles. The van der Waals surface area contributed by atoms with E-state index < -0.39 is 0 Å². The minimum Gasteiger partial charge on any atom is -0.493 e. The van der Waals surface area contributed by atoms with Crippen LogP contribution in [-0.4, -0.2) is 41.6 Å². The summed E-state index contributed by atoms with van der Waals surface area (Å²) in [5.41, 5.74) is 1.30. The quantitative estimate of drug-likeness (QED) is 0.738. The van der Waals surface area contributed by atoms with Crippen LogP contribution in [0.3, 0.4) is 0 Å². The summed E-state index contributed by atoms with van der Waals surface area (Å²) in [6.45, 7) is 8.39. The fourth-order valence-electron chi connectivity index (χ4n) is 5.20. The lowest BCUT2D eigenvalue weighted by molar-refractivity contribution is 0.0613. The Morgan fingerprint density at radius 2 is 1.86 bits per heavy atom. The molecule has 2 fully saturated rings. The number of carbonyl (C=O) groups is 1. The van der Waals surface area contributed by atoms with Crippen molar-refractivity contribution in [2.24, 2.45) is 0 Å². The van der Waals surface area contributed by atoms with E-state index in [9.17, 15) is 9.18 Å². The normalized spacial score (nSPS) is 23.0. The molecule has 1 amide bonds. The van der Waals surface area contributed by atoms with Crippen LogP contribution in [0.25, 0.3) is 0 Å². The number of hydrogen-bond donors (Lipinski definition) is 0. The number of likely N-dealkylation sites (tertiary alicyclic amines) is 1. The first-order valence-electron chi connectivity index (χ1n) is 10.4. The molecule has 29 heavy (non-hydrogen) atoms. The lowest BCUT2D eigenvalue weighted by atomic mass is 9.87. The van der Waals surface area contributed by atoms with E-state index in [4.69, 9.17) is 4.74 Å². The molecule has 5 heteroatoms. The number of hydrogen-bond acceptors (Lipinski definition) is 3. The Morgan fingerprint density at radius 3 is 2.59 bits per heavy atom. The predicted octanol–water partition coefficient (Wildman–Crippen LogP) is 4.89. The third-order valence-electron chi connectivity index (χ3n) is 6.34. The monoisotopic (exact) mass is 396 g/mol. The van der Waals surface area contributed by atoms with Crippen LogP contribution in [0.15, 0.2) is 48.5 Å². The molecule has 154 valence electrons. The van der Waals surface area contributed by atoms with Crippen molar-refractivity contribution in [2.45, 2.75) is 51.1 Å². The maximum absolute atomic E-state index is 13.6. The van der Waals surface area contributed by atoms with E-state index in [0.29, 0.717) is 17.9 Å². The molecule has 0 aromatic heterocycles. The van der Waals surface area contributed by atoms with Gasteiger partial charge < -0.3 is 14.5 Å². The fraction of sp³-hybridized carbons (Fsp3) is 0.458. The fourth-order valence-corrected chi connectivity index (χ4v) is 5.20. The molecule has 2 saturated heterocycles. The summed E-state index contributed by atoms with van der Waals surface area (Å²) in [6.07, 6.45) is 2.87. The maximum atomic E-state index is 13.6. The van der Waals surface area contributed by atoms with E-state index in [1.165, 1.54) is 12.1 Å². The zero-order valence-electron chi connectivity index (χ0n) is 17.5. The average molecular weight is 397 g/mol. The third kappa shape index (κ3) is 3.47. The van der Waals surface area contributed by atoms with Crippen molar-refractivity contribution in [2.75, 3.05) is 24.6 Å². The molecule has 0 N–H and O–H groups in total. The van der Waals surface area contributed by atoms with Gasteiger partial charge in [-0.1, -0.05) is 12.1 Å². The molecule has 2 heterocycles. The van der Waals surface area contributed by atoms with Gasteiger partial charge in [0.1, 0.15) is 11.6 Å². The second-order valence-electron chi connectivity index (χ2n) is 8.77. The maximum Gasteiger partial charge on any atom is 0.258 e. The SMILES string of the molecule is CCOc1ccccc1C(=O)N1CCCC12CN(c1ccc(F)cc1)C(C)(C)C2. The minimum absolute atomic E-state index is 0.0447. The molecular formula is C24H29FN2O2. The summed E-state index contributed by atoms with van der Waals surface area (Å²) in [5, 5.41) is 0. The van der Waals surface area contributed by atoms with E-state index in [-0.39, 0.29) is 22.8 Å². The second-order valence-corrected chi connectivity index (χ2v) is 8.77. The zero-order chi connectivity index (χ0) is 20.6. The number of rotatable bonds is 4. The molecule has 4 rings (SSSR count). The van der Waals surface area contributed by atoms with Crippen LogP contribution in [0.4, 0.5) is 10.1 Å². The van der Waals surface area contributed by atoms with Gasteiger partial charge in [0.05, 0.1) is 17.7 Å². The van der Waals surface area contributed by atoms with Crippen molar-refractivity contribution in [3.63, 3.8) is 0 Å². The van der Waals surface area contributed by atoms with Crippen LogP contribution in [-0.2, 0) is 0 Å². The lowest BCUT2D eigenvalue weighted by Gasteiger charge is -2.35. The molecule has 2 aromatic carbocycles. The number of ether oxygens (including phenoxy) is 1. The molecule has 0 aliphatic carbocycles. The van der Waals surface area contributed by atoms with Crippen molar-refractivity contribution < 1.29 is 13.9 Å². The molecule has 2 aromatic rings. The summed E-state index contributed by atoms with van der Waals surface area (Å²) in [7, 11) is 0. The Hall–Kier alpha value is -2.56. The third-order valence-corrected chi connectivity index (χ3v) is 6.34. The van der Waals surface area contributed by atoms with Crippen LogP contribution in [0, 0.1) is 5.82 Å².